The highest BCUT2D eigenvalue weighted by Gasteiger charge is 2.20. The first-order valence-corrected chi connectivity index (χ1v) is 4.63. The lowest BCUT2D eigenvalue weighted by Crippen LogP contribution is -2.23. The summed E-state index contributed by atoms with van der Waals surface area (Å²) in [4.78, 5) is 22.0. The SMILES string of the molecule is COc1ccccc1C(=O)C[C@H](O)C(=O)O. The lowest BCUT2D eigenvalue weighted by Gasteiger charge is -2.08. The van der Waals surface area contributed by atoms with E-state index in [2.05, 4.69) is 0 Å². The van der Waals surface area contributed by atoms with Crippen molar-refractivity contribution in [1.29, 1.82) is 0 Å². The second-order valence-corrected chi connectivity index (χ2v) is 3.18. The van der Waals surface area contributed by atoms with Crippen LogP contribution in [-0.4, -0.2) is 35.2 Å². The van der Waals surface area contributed by atoms with E-state index in [1.165, 1.54) is 13.2 Å². The summed E-state index contributed by atoms with van der Waals surface area (Å²) in [5.41, 5.74) is 0.269. The number of hydrogen-bond acceptors (Lipinski definition) is 4. The summed E-state index contributed by atoms with van der Waals surface area (Å²) in [5.74, 6) is -1.51. The molecule has 1 rings (SSSR count). The summed E-state index contributed by atoms with van der Waals surface area (Å²) in [6.07, 6.45) is -2.15. The zero-order chi connectivity index (χ0) is 12.1. The molecule has 0 aliphatic heterocycles. The van der Waals surface area contributed by atoms with E-state index in [0.29, 0.717) is 5.75 Å². The van der Waals surface area contributed by atoms with Crippen molar-refractivity contribution in [2.45, 2.75) is 12.5 Å². The van der Waals surface area contributed by atoms with Crippen LogP contribution >= 0.6 is 0 Å². The van der Waals surface area contributed by atoms with Crippen LogP contribution in [0.4, 0.5) is 0 Å². The number of ether oxygens (including phenoxy) is 1. The monoisotopic (exact) mass is 224 g/mol. The second-order valence-electron chi connectivity index (χ2n) is 3.18. The van der Waals surface area contributed by atoms with Crippen molar-refractivity contribution in [1.82, 2.24) is 0 Å². The van der Waals surface area contributed by atoms with Gasteiger partial charge in [-0.1, -0.05) is 12.1 Å². The second kappa shape index (κ2) is 5.27. The number of methoxy groups -OCH3 is 1. The number of Topliss-reactive ketones (excluding diaryl/α,β-unsaturated/α-hetero) is 1. The molecule has 0 aromatic heterocycles. The largest absolute Gasteiger partial charge is 0.496 e. The molecule has 1 atom stereocenters. The van der Waals surface area contributed by atoms with Crippen molar-refractivity contribution in [2.24, 2.45) is 0 Å². The molecule has 0 aliphatic carbocycles. The Morgan fingerprint density at radius 3 is 2.56 bits per heavy atom. The highest BCUT2D eigenvalue weighted by atomic mass is 16.5. The Morgan fingerprint density at radius 1 is 1.38 bits per heavy atom. The minimum Gasteiger partial charge on any atom is -0.496 e. The number of hydrogen-bond donors (Lipinski definition) is 2. The van der Waals surface area contributed by atoms with Crippen LogP contribution in [0.1, 0.15) is 16.8 Å². The first-order chi connectivity index (χ1) is 7.56. The molecule has 0 radical (unpaired) electrons. The van der Waals surface area contributed by atoms with E-state index in [0.717, 1.165) is 0 Å². The van der Waals surface area contributed by atoms with E-state index >= 15 is 0 Å². The fraction of sp³-hybridized carbons (Fsp3) is 0.273. The maximum Gasteiger partial charge on any atom is 0.332 e. The molecule has 0 aliphatic rings. The molecule has 2 N–H and O–H groups in total. The normalized spacial score (nSPS) is 11.9. The van der Waals surface area contributed by atoms with Gasteiger partial charge in [0, 0.05) is 6.42 Å². The molecule has 0 bridgehead atoms. The van der Waals surface area contributed by atoms with Crippen molar-refractivity contribution in [3.63, 3.8) is 0 Å². The summed E-state index contributed by atoms with van der Waals surface area (Å²) in [6.45, 7) is 0. The number of aliphatic hydroxyl groups is 1. The van der Waals surface area contributed by atoms with Crippen LogP contribution in [0, 0.1) is 0 Å². The van der Waals surface area contributed by atoms with Crippen molar-refractivity contribution in [3.8, 4) is 5.75 Å². The number of carboxylic acid groups (broad SMARTS) is 1. The van der Waals surface area contributed by atoms with Gasteiger partial charge in [-0.05, 0) is 12.1 Å². The number of aliphatic hydroxyl groups excluding tert-OH is 1. The summed E-state index contributed by atoms with van der Waals surface area (Å²) >= 11 is 0. The first kappa shape index (κ1) is 12.2. The van der Waals surface area contributed by atoms with Gasteiger partial charge in [0.15, 0.2) is 11.9 Å². The minimum absolute atomic E-state index is 0.269. The molecule has 86 valence electrons. The number of carbonyl (C=O) groups excluding carboxylic acids is 1. The third-order valence-corrected chi connectivity index (χ3v) is 2.07. The molecular formula is C11H12O5. The molecule has 5 nitrogen and oxygen atoms in total. The first-order valence-electron chi connectivity index (χ1n) is 4.63. The van der Waals surface area contributed by atoms with Crippen LogP contribution in [0.5, 0.6) is 5.75 Å². The van der Waals surface area contributed by atoms with E-state index in [1.54, 1.807) is 18.2 Å². The Bertz CT molecular complexity index is 399. The van der Waals surface area contributed by atoms with Gasteiger partial charge in [0.1, 0.15) is 5.75 Å². The molecule has 16 heavy (non-hydrogen) atoms. The lowest BCUT2D eigenvalue weighted by molar-refractivity contribution is -0.146. The maximum atomic E-state index is 11.6. The van der Waals surface area contributed by atoms with E-state index in [9.17, 15) is 9.59 Å². The third kappa shape index (κ3) is 2.80. The van der Waals surface area contributed by atoms with Gasteiger partial charge in [-0.15, -0.1) is 0 Å². The molecule has 0 amide bonds. The molecule has 5 heteroatoms. The highest BCUT2D eigenvalue weighted by Crippen LogP contribution is 2.19. The zero-order valence-corrected chi connectivity index (χ0v) is 8.71. The van der Waals surface area contributed by atoms with Crippen LogP contribution in [0.3, 0.4) is 0 Å². The van der Waals surface area contributed by atoms with Crippen molar-refractivity contribution in [2.75, 3.05) is 7.11 Å². The zero-order valence-electron chi connectivity index (χ0n) is 8.71. The predicted octanol–water partition coefficient (Wildman–Crippen LogP) is 0.713. The van der Waals surface area contributed by atoms with Gasteiger partial charge in [0.05, 0.1) is 12.7 Å². The van der Waals surface area contributed by atoms with E-state index in [1.807, 2.05) is 0 Å². The average Bonchev–Trinajstić information content (AvgIpc) is 2.28. The Hall–Kier alpha value is -1.88. The summed E-state index contributed by atoms with van der Waals surface area (Å²) in [6, 6.07) is 6.46. The molecule has 0 saturated carbocycles. The maximum absolute atomic E-state index is 11.6. The van der Waals surface area contributed by atoms with Gasteiger partial charge in [0.25, 0.3) is 0 Å². The molecule has 0 unspecified atom stereocenters. The molecular weight excluding hydrogens is 212 g/mol. The molecule has 0 spiro atoms. The fourth-order valence-electron chi connectivity index (χ4n) is 1.25. The van der Waals surface area contributed by atoms with E-state index in [-0.39, 0.29) is 5.56 Å². The van der Waals surface area contributed by atoms with E-state index in [4.69, 9.17) is 14.9 Å². The summed E-state index contributed by atoms with van der Waals surface area (Å²) < 4.78 is 4.96. The third-order valence-electron chi connectivity index (χ3n) is 2.07. The smallest absolute Gasteiger partial charge is 0.332 e. The Morgan fingerprint density at radius 2 is 2.00 bits per heavy atom. The molecule has 0 saturated heterocycles. The van der Waals surface area contributed by atoms with Crippen molar-refractivity contribution >= 4 is 11.8 Å². The number of carbonyl (C=O) groups is 2. The number of benzene rings is 1. The quantitative estimate of drug-likeness (QED) is 0.720. The van der Waals surface area contributed by atoms with Gasteiger partial charge in [-0.25, -0.2) is 4.79 Å². The Labute approximate surface area is 92.3 Å². The topological polar surface area (TPSA) is 83.8 Å². The molecule has 1 aromatic carbocycles. The van der Waals surface area contributed by atoms with Gasteiger partial charge in [0.2, 0.25) is 0 Å². The van der Waals surface area contributed by atoms with Gasteiger partial charge in [-0.2, -0.15) is 0 Å². The van der Waals surface area contributed by atoms with Crippen LogP contribution in [0.15, 0.2) is 24.3 Å². The molecule has 0 heterocycles. The van der Waals surface area contributed by atoms with Gasteiger partial charge >= 0.3 is 5.97 Å². The van der Waals surface area contributed by atoms with Crippen molar-refractivity contribution < 1.29 is 24.5 Å². The number of aliphatic carboxylic acids is 1. The van der Waals surface area contributed by atoms with Crippen LogP contribution in [0.25, 0.3) is 0 Å². The van der Waals surface area contributed by atoms with Crippen molar-refractivity contribution in [3.05, 3.63) is 29.8 Å². The van der Waals surface area contributed by atoms with Crippen LogP contribution in [0.2, 0.25) is 0 Å². The number of para-hydroxylation sites is 1. The standard InChI is InChI=1S/C11H12O5/c1-16-10-5-3-2-4-7(10)8(12)6-9(13)11(14)15/h2-5,9,13H,6H2,1H3,(H,14,15)/t9-/m0/s1. The fourth-order valence-corrected chi connectivity index (χ4v) is 1.25. The molecule has 0 fully saturated rings. The van der Waals surface area contributed by atoms with Crippen LogP contribution in [-0.2, 0) is 4.79 Å². The minimum atomic E-state index is -1.68. The number of ketones is 1. The Kier molecular flexibility index (Phi) is 4.02. The average molecular weight is 224 g/mol. The van der Waals surface area contributed by atoms with Gasteiger partial charge in [-0.3, -0.25) is 4.79 Å². The van der Waals surface area contributed by atoms with Crippen LogP contribution < -0.4 is 4.74 Å². The van der Waals surface area contributed by atoms with E-state index < -0.39 is 24.3 Å². The highest BCUT2D eigenvalue weighted by molar-refractivity contribution is 6.00. The Balaban J connectivity index is 2.84. The molecule has 1 aromatic rings. The lowest BCUT2D eigenvalue weighted by atomic mass is 10.0. The number of rotatable bonds is 5. The summed E-state index contributed by atoms with van der Waals surface area (Å²) in [5, 5.41) is 17.5. The summed E-state index contributed by atoms with van der Waals surface area (Å²) in [7, 11) is 1.42. The predicted molar refractivity (Wildman–Crippen MR) is 55.6 cm³/mol. The number of carboxylic acids is 1. The van der Waals surface area contributed by atoms with Gasteiger partial charge < -0.3 is 14.9 Å².